The molecule has 0 bridgehead atoms. The minimum Gasteiger partial charge on any atom is -0.490 e. The van der Waals surface area contributed by atoms with Crippen molar-refractivity contribution in [2.45, 2.75) is 40.5 Å². The molecule has 0 saturated heterocycles. The SMILES string of the molecule is CCOC(=O)C1=C(C)OC(N)=C(C#N)C1c1cc(Br)c(OCC(=O)Nc2cc(C)cc(C)c2)c(OCC)c1. The molecule has 9 nitrogen and oxygen atoms in total. The van der Waals surface area contributed by atoms with Crippen LogP contribution in [0.15, 0.2) is 57.6 Å². The number of carbonyl (C=O) groups excluding carboxylic acids is 2. The number of nitriles is 1. The summed E-state index contributed by atoms with van der Waals surface area (Å²) in [5.74, 6) is -1.06. The van der Waals surface area contributed by atoms with Crippen LogP contribution >= 0.6 is 15.9 Å². The Balaban J connectivity index is 1.95. The van der Waals surface area contributed by atoms with Crippen molar-refractivity contribution in [2.24, 2.45) is 5.73 Å². The van der Waals surface area contributed by atoms with Crippen LogP contribution in [0.1, 0.15) is 43.4 Å². The Morgan fingerprint density at radius 1 is 1.08 bits per heavy atom. The van der Waals surface area contributed by atoms with E-state index in [4.69, 9.17) is 24.7 Å². The molecule has 0 saturated carbocycles. The van der Waals surface area contributed by atoms with E-state index < -0.39 is 11.9 Å². The summed E-state index contributed by atoms with van der Waals surface area (Å²) < 4.78 is 22.8. The van der Waals surface area contributed by atoms with Gasteiger partial charge in [-0.25, -0.2) is 4.79 Å². The van der Waals surface area contributed by atoms with Crippen molar-refractivity contribution < 1.29 is 28.5 Å². The standard InChI is InChI=1S/C28H30BrN3O6/c1-6-35-22-12-18(25-20(13-30)27(31)38-17(5)24(25)28(34)36-7-2)11-21(29)26(22)37-14-23(33)32-19-9-15(3)8-16(4)10-19/h8-12,25H,6-7,14,31H2,1-5H3,(H,32,33). The first-order valence-electron chi connectivity index (χ1n) is 12.0. The highest BCUT2D eigenvalue weighted by molar-refractivity contribution is 9.10. The molecule has 10 heteroatoms. The monoisotopic (exact) mass is 583 g/mol. The number of halogens is 1. The molecule has 0 spiro atoms. The van der Waals surface area contributed by atoms with Gasteiger partial charge in [-0.3, -0.25) is 4.79 Å². The second-order valence-electron chi connectivity index (χ2n) is 8.59. The molecule has 1 aliphatic rings. The van der Waals surface area contributed by atoms with Gasteiger partial charge in [-0.05, 0) is 91.5 Å². The summed E-state index contributed by atoms with van der Waals surface area (Å²) in [5, 5.41) is 12.7. The van der Waals surface area contributed by atoms with Gasteiger partial charge in [0.1, 0.15) is 17.4 Å². The molecule has 3 rings (SSSR count). The van der Waals surface area contributed by atoms with Gasteiger partial charge in [-0.1, -0.05) is 6.07 Å². The van der Waals surface area contributed by atoms with E-state index in [1.54, 1.807) is 32.9 Å². The summed E-state index contributed by atoms with van der Waals surface area (Å²) in [6.07, 6.45) is 0. The predicted octanol–water partition coefficient (Wildman–Crippen LogP) is 5.13. The number of nitrogens with two attached hydrogens (primary N) is 1. The Labute approximate surface area is 230 Å². The lowest BCUT2D eigenvalue weighted by molar-refractivity contribution is -0.139. The van der Waals surface area contributed by atoms with E-state index in [0.717, 1.165) is 11.1 Å². The second kappa shape index (κ2) is 12.5. The van der Waals surface area contributed by atoms with E-state index in [1.807, 2.05) is 32.0 Å². The van der Waals surface area contributed by atoms with E-state index in [2.05, 4.69) is 27.3 Å². The summed E-state index contributed by atoms with van der Waals surface area (Å²) in [6, 6.07) is 11.2. The number of esters is 1. The van der Waals surface area contributed by atoms with Crippen LogP contribution in [0.25, 0.3) is 0 Å². The van der Waals surface area contributed by atoms with Gasteiger partial charge >= 0.3 is 5.97 Å². The quantitative estimate of drug-likeness (QED) is 0.388. The molecule has 1 heterocycles. The zero-order valence-electron chi connectivity index (χ0n) is 21.9. The first-order valence-corrected chi connectivity index (χ1v) is 12.8. The lowest BCUT2D eigenvalue weighted by Crippen LogP contribution is -2.25. The Hall–Kier alpha value is -3.97. The van der Waals surface area contributed by atoms with Crippen LogP contribution in [-0.4, -0.2) is 31.7 Å². The molecule has 0 fully saturated rings. The maximum absolute atomic E-state index is 12.8. The number of allylic oxidation sites excluding steroid dienone is 2. The molecule has 38 heavy (non-hydrogen) atoms. The fourth-order valence-corrected chi connectivity index (χ4v) is 4.80. The van der Waals surface area contributed by atoms with Crippen molar-refractivity contribution in [2.75, 3.05) is 25.1 Å². The predicted molar refractivity (Wildman–Crippen MR) is 145 cm³/mol. The third-order valence-corrected chi connectivity index (χ3v) is 6.21. The third kappa shape index (κ3) is 6.47. The lowest BCUT2D eigenvalue weighted by Gasteiger charge is -2.27. The number of rotatable bonds is 9. The van der Waals surface area contributed by atoms with Gasteiger partial charge in [0, 0.05) is 5.69 Å². The van der Waals surface area contributed by atoms with Crippen LogP contribution in [0, 0.1) is 25.2 Å². The van der Waals surface area contributed by atoms with Crippen LogP contribution < -0.4 is 20.5 Å². The average Bonchev–Trinajstić information content (AvgIpc) is 2.82. The number of carbonyl (C=O) groups is 2. The van der Waals surface area contributed by atoms with Crippen molar-refractivity contribution in [3.05, 3.63) is 74.3 Å². The molecule has 1 aliphatic heterocycles. The van der Waals surface area contributed by atoms with E-state index in [1.165, 1.54) is 0 Å². The third-order valence-electron chi connectivity index (χ3n) is 5.62. The summed E-state index contributed by atoms with van der Waals surface area (Å²) in [7, 11) is 0. The molecule has 1 unspecified atom stereocenters. The molecule has 2 aromatic carbocycles. The largest absolute Gasteiger partial charge is 0.490 e. The van der Waals surface area contributed by atoms with Gasteiger partial charge in [-0.2, -0.15) is 5.26 Å². The highest BCUT2D eigenvalue weighted by Gasteiger charge is 2.37. The molecule has 3 N–H and O–H groups in total. The number of aryl methyl sites for hydroxylation is 2. The fraction of sp³-hybridized carbons (Fsp3) is 0.321. The molecule has 0 aliphatic carbocycles. The summed E-state index contributed by atoms with van der Waals surface area (Å²) in [6.45, 7) is 9.17. The van der Waals surface area contributed by atoms with E-state index in [-0.39, 0.29) is 41.9 Å². The first kappa shape index (κ1) is 28.6. The number of hydrogen-bond acceptors (Lipinski definition) is 8. The average molecular weight is 584 g/mol. The Bertz CT molecular complexity index is 1340. The zero-order chi connectivity index (χ0) is 28.0. The number of nitrogens with zero attached hydrogens (tertiary/aromatic N) is 1. The van der Waals surface area contributed by atoms with Gasteiger partial charge in [0.25, 0.3) is 5.91 Å². The summed E-state index contributed by atoms with van der Waals surface area (Å²) >= 11 is 3.50. The topological polar surface area (TPSA) is 133 Å². The van der Waals surface area contributed by atoms with Crippen LogP contribution in [0.5, 0.6) is 11.5 Å². The van der Waals surface area contributed by atoms with Gasteiger partial charge in [0.2, 0.25) is 5.88 Å². The van der Waals surface area contributed by atoms with Gasteiger partial charge < -0.3 is 30.0 Å². The number of anilines is 1. The molecule has 0 aromatic heterocycles. The second-order valence-corrected chi connectivity index (χ2v) is 9.45. The maximum atomic E-state index is 12.8. The van der Waals surface area contributed by atoms with Crippen molar-refractivity contribution in [1.29, 1.82) is 5.26 Å². The lowest BCUT2D eigenvalue weighted by atomic mass is 9.83. The molecule has 0 radical (unpaired) electrons. The molecular formula is C28H30BrN3O6. The molecule has 200 valence electrons. The van der Waals surface area contributed by atoms with E-state index in [9.17, 15) is 14.9 Å². The van der Waals surface area contributed by atoms with Gasteiger partial charge in [-0.15, -0.1) is 0 Å². The van der Waals surface area contributed by atoms with Crippen molar-refractivity contribution >= 4 is 33.5 Å². The minimum atomic E-state index is -0.856. The smallest absolute Gasteiger partial charge is 0.338 e. The van der Waals surface area contributed by atoms with Crippen LogP contribution in [0.4, 0.5) is 5.69 Å². The molecular weight excluding hydrogens is 554 g/mol. The highest BCUT2D eigenvalue weighted by atomic mass is 79.9. The van der Waals surface area contributed by atoms with Crippen LogP contribution in [-0.2, 0) is 19.1 Å². The van der Waals surface area contributed by atoms with Crippen molar-refractivity contribution in [3.8, 4) is 17.6 Å². The highest BCUT2D eigenvalue weighted by Crippen LogP contribution is 2.45. The number of benzene rings is 2. The fourth-order valence-electron chi connectivity index (χ4n) is 4.23. The van der Waals surface area contributed by atoms with Crippen LogP contribution in [0.3, 0.4) is 0 Å². The molecule has 1 atom stereocenters. The summed E-state index contributed by atoms with van der Waals surface area (Å²) in [5.41, 5.74) is 9.50. The first-order chi connectivity index (χ1) is 18.1. The van der Waals surface area contributed by atoms with Crippen molar-refractivity contribution in [3.63, 3.8) is 0 Å². The van der Waals surface area contributed by atoms with Gasteiger partial charge in [0.15, 0.2) is 18.1 Å². The number of ether oxygens (including phenoxy) is 4. The zero-order valence-corrected chi connectivity index (χ0v) is 23.5. The number of amides is 1. The van der Waals surface area contributed by atoms with Crippen molar-refractivity contribution in [1.82, 2.24) is 0 Å². The van der Waals surface area contributed by atoms with E-state index >= 15 is 0 Å². The Morgan fingerprint density at radius 3 is 2.37 bits per heavy atom. The molecule has 1 amide bonds. The van der Waals surface area contributed by atoms with Crippen LogP contribution in [0.2, 0.25) is 0 Å². The number of nitrogens with one attached hydrogen (secondary N) is 1. The minimum absolute atomic E-state index is 0.0643. The number of hydrogen-bond donors (Lipinski definition) is 2. The van der Waals surface area contributed by atoms with E-state index in [0.29, 0.717) is 33.8 Å². The summed E-state index contributed by atoms with van der Waals surface area (Å²) in [4.78, 5) is 25.5. The van der Waals surface area contributed by atoms with Gasteiger partial charge in [0.05, 0.1) is 29.2 Å². The normalized spacial score (nSPS) is 14.9. The Kier molecular flexibility index (Phi) is 9.42. The maximum Gasteiger partial charge on any atom is 0.338 e. The Morgan fingerprint density at radius 2 is 1.76 bits per heavy atom. The molecule has 2 aromatic rings.